The highest BCUT2D eigenvalue weighted by molar-refractivity contribution is 5.71. The van der Waals surface area contributed by atoms with Gasteiger partial charge < -0.3 is 5.11 Å². The molecule has 5 heteroatoms. The largest absolute Gasteiger partial charge is 0.481 e. The van der Waals surface area contributed by atoms with E-state index < -0.39 is 5.97 Å². The van der Waals surface area contributed by atoms with Crippen LogP contribution in [0.2, 0.25) is 0 Å². The van der Waals surface area contributed by atoms with E-state index in [2.05, 4.69) is 53.4 Å². The van der Waals surface area contributed by atoms with Crippen molar-refractivity contribution in [2.75, 3.05) is 13.1 Å². The molecule has 1 saturated heterocycles. The standard InChI is InChI=1S/C26H26N2O3/c1-19(22-11-7-20(8-12-22)15-28-16-25(17-28)26(29)30)27-31-18-21-9-13-24(14-10-21)23-5-3-2-4-6-23/h2-14,25,27H,1,15-18H2,(H,29,30). The average Bonchev–Trinajstić information content (AvgIpc) is 2.77. The summed E-state index contributed by atoms with van der Waals surface area (Å²) in [6.45, 7) is 6.48. The first-order valence-electron chi connectivity index (χ1n) is 10.3. The number of hydroxylamine groups is 1. The molecule has 1 fully saturated rings. The number of nitrogens with zero attached hydrogens (tertiary/aromatic N) is 1. The van der Waals surface area contributed by atoms with Gasteiger partial charge in [-0.2, -0.15) is 0 Å². The SMILES string of the molecule is C=C(NOCc1ccc(-c2ccccc2)cc1)c1ccc(CN2CC(C(=O)O)C2)cc1. The van der Waals surface area contributed by atoms with Gasteiger partial charge in [-0.3, -0.25) is 20.0 Å². The molecule has 31 heavy (non-hydrogen) atoms. The summed E-state index contributed by atoms with van der Waals surface area (Å²) in [6, 6.07) is 26.7. The number of hydrogen-bond donors (Lipinski definition) is 2. The van der Waals surface area contributed by atoms with E-state index in [1.54, 1.807) is 0 Å². The third-order valence-corrected chi connectivity index (χ3v) is 5.51. The van der Waals surface area contributed by atoms with Crippen molar-refractivity contribution in [3.63, 3.8) is 0 Å². The van der Waals surface area contributed by atoms with Crippen molar-refractivity contribution in [2.45, 2.75) is 13.2 Å². The van der Waals surface area contributed by atoms with Gasteiger partial charge in [-0.05, 0) is 27.8 Å². The third kappa shape index (κ3) is 5.40. The van der Waals surface area contributed by atoms with Gasteiger partial charge in [-0.25, -0.2) is 0 Å². The predicted molar refractivity (Wildman–Crippen MR) is 122 cm³/mol. The lowest BCUT2D eigenvalue weighted by Crippen LogP contribution is -2.49. The molecule has 1 aliphatic heterocycles. The molecule has 0 aliphatic carbocycles. The zero-order valence-electron chi connectivity index (χ0n) is 17.3. The van der Waals surface area contributed by atoms with Crippen LogP contribution in [-0.2, 0) is 22.8 Å². The Morgan fingerprint density at radius 2 is 1.55 bits per heavy atom. The first-order chi connectivity index (χ1) is 15.1. The summed E-state index contributed by atoms with van der Waals surface area (Å²) in [5.74, 6) is -0.934. The number of benzene rings is 3. The molecule has 0 radical (unpaired) electrons. The number of carbonyl (C=O) groups is 1. The smallest absolute Gasteiger partial charge is 0.309 e. The van der Waals surface area contributed by atoms with Crippen LogP contribution >= 0.6 is 0 Å². The van der Waals surface area contributed by atoms with Crippen LogP contribution in [0.25, 0.3) is 16.8 Å². The van der Waals surface area contributed by atoms with Gasteiger partial charge in [-0.15, -0.1) is 0 Å². The summed E-state index contributed by atoms with van der Waals surface area (Å²) < 4.78 is 0. The second-order valence-electron chi connectivity index (χ2n) is 7.86. The van der Waals surface area contributed by atoms with Crippen molar-refractivity contribution in [2.24, 2.45) is 5.92 Å². The maximum absolute atomic E-state index is 10.9. The molecule has 4 rings (SSSR count). The molecule has 0 unspecified atom stereocenters. The number of rotatable bonds is 9. The second kappa shape index (κ2) is 9.60. The van der Waals surface area contributed by atoms with E-state index in [-0.39, 0.29) is 5.92 Å². The summed E-state index contributed by atoms with van der Waals surface area (Å²) in [5, 5.41) is 8.96. The molecular weight excluding hydrogens is 388 g/mol. The first kappa shape index (κ1) is 20.8. The molecule has 0 amide bonds. The minimum atomic E-state index is -0.707. The molecule has 0 saturated carbocycles. The Balaban J connectivity index is 1.22. The molecule has 0 atom stereocenters. The van der Waals surface area contributed by atoms with Crippen molar-refractivity contribution in [3.05, 3.63) is 102 Å². The minimum absolute atomic E-state index is 0.227. The average molecular weight is 415 g/mol. The van der Waals surface area contributed by atoms with Gasteiger partial charge in [-0.1, -0.05) is 85.4 Å². The van der Waals surface area contributed by atoms with Gasteiger partial charge in [0.15, 0.2) is 0 Å². The highest BCUT2D eigenvalue weighted by Gasteiger charge is 2.32. The second-order valence-corrected chi connectivity index (χ2v) is 7.86. The quantitative estimate of drug-likeness (QED) is 0.503. The van der Waals surface area contributed by atoms with Gasteiger partial charge in [0.05, 0.1) is 18.2 Å². The molecule has 158 valence electrons. The number of nitrogens with one attached hydrogen (secondary N) is 1. The van der Waals surface area contributed by atoms with Crippen molar-refractivity contribution in [1.29, 1.82) is 0 Å². The summed E-state index contributed by atoms with van der Waals surface area (Å²) in [5.41, 5.74) is 9.18. The van der Waals surface area contributed by atoms with E-state index in [0.717, 1.165) is 23.2 Å². The lowest BCUT2D eigenvalue weighted by atomic mass is 9.99. The molecule has 1 heterocycles. The van der Waals surface area contributed by atoms with Gasteiger partial charge in [0, 0.05) is 19.6 Å². The maximum atomic E-state index is 10.9. The number of aliphatic carboxylic acids is 1. The van der Waals surface area contributed by atoms with Crippen LogP contribution in [0.1, 0.15) is 16.7 Å². The molecule has 3 aromatic rings. The Kier molecular flexibility index (Phi) is 6.46. The molecular formula is C26H26N2O3. The molecule has 1 aliphatic rings. The number of likely N-dealkylation sites (tertiary alicyclic amines) is 1. The fourth-order valence-corrected chi connectivity index (χ4v) is 3.61. The van der Waals surface area contributed by atoms with Crippen LogP contribution < -0.4 is 5.48 Å². The van der Waals surface area contributed by atoms with Crippen LogP contribution in [-0.4, -0.2) is 29.1 Å². The molecule has 0 bridgehead atoms. The monoisotopic (exact) mass is 414 g/mol. The lowest BCUT2D eigenvalue weighted by Gasteiger charge is -2.36. The fraction of sp³-hybridized carbons (Fsp3) is 0.192. The van der Waals surface area contributed by atoms with Crippen molar-refractivity contribution < 1.29 is 14.7 Å². The zero-order chi connectivity index (χ0) is 21.6. The summed E-state index contributed by atoms with van der Waals surface area (Å²) in [7, 11) is 0. The Labute approximate surface area is 182 Å². The topological polar surface area (TPSA) is 61.8 Å². The molecule has 5 nitrogen and oxygen atoms in total. The van der Waals surface area contributed by atoms with Crippen molar-refractivity contribution in [3.8, 4) is 11.1 Å². The van der Waals surface area contributed by atoms with E-state index >= 15 is 0 Å². The minimum Gasteiger partial charge on any atom is -0.481 e. The van der Waals surface area contributed by atoms with Crippen LogP contribution in [0.15, 0.2) is 85.4 Å². The zero-order valence-corrected chi connectivity index (χ0v) is 17.3. The Morgan fingerprint density at radius 1 is 0.935 bits per heavy atom. The lowest BCUT2D eigenvalue weighted by molar-refractivity contribution is -0.147. The Bertz CT molecular complexity index is 1020. The highest BCUT2D eigenvalue weighted by Crippen LogP contribution is 2.21. The number of carboxylic acids is 1. The number of hydrogen-bond acceptors (Lipinski definition) is 4. The Morgan fingerprint density at radius 3 is 2.19 bits per heavy atom. The number of carboxylic acid groups (broad SMARTS) is 1. The molecule has 0 spiro atoms. The fourth-order valence-electron chi connectivity index (χ4n) is 3.61. The van der Waals surface area contributed by atoms with Crippen LogP contribution in [0.3, 0.4) is 0 Å². The van der Waals surface area contributed by atoms with E-state index in [1.165, 1.54) is 11.1 Å². The highest BCUT2D eigenvalue weighted by atomic mass is 16.6. The summed E-state index contributed by atoms with van der Waals surface area (Å²) >= 11 is 0. The van der Waals surface area contributed by atoms with Gasteiger partial charge in [0.25, 0.3) is 0 Å². The summed E-state index contributed by atoms with van der Waals surface area (Å²) in [4.78, 5) is 18.7. The first-order valence-corrected chi connectivity index (χ1v) is 10.3. The molecule has 3 aromatic carbocycles. The van der Waals surface area contributed by atoms with Gasteiger partial charge in [0.1, 0.15) is 0 Å². The van der Waals surface area contributed by atoms with Crippen molar-refractivity contribution >= 4 is 11.7 Å². The third-order valence-electron chi connectivity index (χ3n) is 5.51. The van der Waals surface area contributed by atoms with Crippen LogP contribution in [0.4, 0.5) is 0 Å². The van der Waals surface area contributed by atoms with E-state index in [4.69, 9.17) is 9.94 Å². The van der Waals surface area contributed by atoms with Crippen LogP contribution in [0, 0.1) is 5.92 Å². The van der Waals surface area contributed by atoms with Gasteiger partial charge >= 0.3 is 5.97 Å². The molecule has 2 N–H and O–H groups in total. The van der Waals surface area contributed by atoms with Gasteiger partial charge in [0.2, 0.25) is 0 Å². The Hall–Kier alpha value is -3.41. The van der Waals surface area contributed by atoms with Crippen molar-refractivity contribution in [1.82, 2.24) is 10.4 Å². The van der Waals surface area contributed by atoms with E-state index in [9.17, 15) is 4.79 Å². The summed E-state index contributed by atoms with van der Waals surface area (Å²) in [6.07, 6.45) is 0. The normalized spacial score (nSPS) is 14.1. The predicted octanol–water partition coefficient (Wildman–Crippen LogP) is 4.56. The molecule has 0 aromatic heterocycles. The van der Waals surface area contributed by atoms with E-state index in [1.807, 2.05) is 42.5 Å². The van der Waals surface area contributed by atoms with Crippen LogP contribution in [0.5, 0.6) is 0 Å². The maximum Gasteiger partial charge on any atom is 0.309 e. The van der Waals surface area contributed by atoms with E-state index in [0.29, 0.717) is 25.4 Å².